The summed E-state index contributed by atoms with van der Waals surface area (Å²) in [5, 5.41) is 8.51. The predicted molar refractivity (Wildman–Crippen MR) is 60.9 cm³/mol. The molecule has 0 aliphatic heterocycles. The number of rotatable bonds is 7. The fourth-order valence-electron chi connectivity index (χ4n) is 1.09. The third-order valence-electron chi connectivity index (χ3n) is 1.91. The molecule has 1 atom stereocenters. The summed E-state index contributed by atoms with van der Waals surface area (Å²) in [4.78, 5) is 21.1. The molecule has 4 heteroatoms. The van der Waals surface area contributed by atoms with E-state index >= 15 is 0 Å². The zero-order valence-electron chi connectivity index (χ0n) is 9.68. The number of aliphatic carboxylic acids is 1. The summed E-state index contributed by atoms with van der Waals surface area (Å²) in [7, 11) is 1.35. The van der Waals surface area contributed by atoms with Crippen LogP contribution in [0, 0.1) is 5.92 Å². The fraction of sp³-hybridized carbons (Fsp3) is 0.500. The van der Waals surface area contributed by atoms with Gasteiger partial charge in [0, 0.05) is 0 Å². The molecule has 0 bridgehead atoms. The van der Waals surface area contributed by atoms with Gasteiger partial charge in [-0.3, -0.25) is 9.59 Å². The molecule has 0 fully saturated rings. The van der Waals surface area contributed by atoms with Crippen molar-refractivity contribution >= 4 is 11.9 Å². The van der Waals surface area contributed by atoms with Gasteiger partial charge in [-0.25, -0.2) is 0 Å². The van der Waals surface area contributed by atoms with Crippen LogP contribution in [0.2, 0.25) is 0 Å². The van der Waals surface area contributed by atoms with Gasteiger partial charge in [0.25, 0.3) is 0 Å². The first-order chi connectivity index (χ1) is 7.56. The predicted octanol–water partition coefficient (Wildman–Crippen LogP) is 2.16. The Morgan fingerprint density at radius 2 is 2.00 bits per heavy atom. The molecule has 0 spiro atoms. The summed E-state index contributed by atoms with van der Waals surface area (Å²) in [6.07, 6.45) is 8.44. The van der Waals surface area contributed by atoms with Gasteiger partial charge in [-0.15, -0.1) is 0 Å². The lowest BCUT2D eigenvalue weighted by atomic mass is 10.1. The number of carbonyl (C=O) groups is 2. The molecule has 0 heterocycles. The van der Waals surface area contributed by atoms with Gasteiger partial charge in [0.1, 0.15) is 0 Å². The van der Waals surface area contributed by atoms with Gasteiger partial charge in [-0.2, -0.15) is 0 Å². The highest BCUT2D eigenvalue weighted by molar-refractivity contribution is 5.70. The number of allylic oxidation sites excluding steroid dienone is 3. The Labute approximate surface area is 95.6 Å². The van der Waals surface area contributed by atoms with Crippen molar-refractivity contribution in [3.05, 3.63) is 24.3 Å². The summed E-state index contributed by atoms with van der Waals surface area (Å²) < 4.78 is 4.47. The first kappa shape index (κ1) is 14.4. The molecule has 0 aromatic rings. The Balaban J connectivity index is 3.68. The highest BCUT2D eigenvalue weighted by Crippen LogP contribution is 2.04. The lowest BCUT2D eigenvalue weighted by molar-refractivity contribution is -0.139. The average molecular weight is 226 g/mol. The van der Waals surface area contributed by atoms with Crippen molar-refractivity contribution in [1.82, 2.24) is 0 Å². The third-order valence-corrected chi connectivity index (χ3v) is 1.91. The second-order valence-corrected chi connectivity index (χ2v) is 3.49. The van der Waals surface area contributed by atoms with Crippen molar-refractivity contribution in [2.75, 3.05) is 7.11 Å². The monoisotopic (exact) mass is 226 g/mol. The highest BCUT2D eigenvalue weighted by atomic mass is 16.5. The SMILES string of the molecule is COC(=O)C/C=C/C/C=C/C(C)CC(=O)O. The number of carboxylic acids is 1. The molecule has 0 radical (unpaired) electrons. The summed E-state index contributed by atoms with van der Waals surface area (Å²) in [5.41, 5.74) is 0. The first-order valence-electron chi connectivity index (χ1n) is 5.16. The molecule has 0 saturated carbocycles. The third kappa shape index (κ3) is 8.99. The van der Waals surface area contributed by atoms with Crippen LogP contribution in [-0.2, 0) is 14.3 Å². The maximum Gasteiger partial charge on any atom is 0.309 e. The minimum absolute atomic E-state index is 0.0338. The van der Waals surface area contributed by atoms with Gasteiger partial charge >= 0.3 is 11.9 Å². The number of carboxylic acid groups (broad SMARTS) is 1. The van der Waals surface area contributed by atoms with E-state index in [0.717, 1.165) is 0 Å². The Morgan fingerprint density at radius 1 is 1.31 bits per heavy atom. The molecular weight excluding hydrogens is 208 g/mol. The Bertz CT molecular complexity index is 279. The maximum atomic E-state index is 10.7. The topological polar surface area (TPSA) is 63.6 Å². The second-order valence-electron chi connectivity index (χ2n) is 3.49. The van der Waals surface area contributed by atoms with Gasteiger partial charge < -0.3 is 9.84 Å². The van der Waals surface area contributed by atoms with Crippen LogP contribution in [0.4, 0.5) is 0 Å². The lowest BCUT2D eigenvalue weighted by Gasteiger charge is -1.99. The number of ether oxygens (including phenoxy) is 1. The Kier molecular flexibility index (Phi) is 7.85. The van der Waals surface area contributed by atoms with E-state index in [1.54, 1.807) is 6.08 Å². The molecule has 16 heavy (non-hydrogen) atoms. The van der Waals surface area contributed by atoms with Crippen molar-refractivity contribution in [2.24, 2.45) is 5.92 Å². The summed E-state index contributed by atoms with van der Waals surface area (Å²) in [6, 6.07) is 0. The van der Waals surface area contributed by atoms with Gasteiger partial charge in [0.2, 0.25) is 0 Å². The van der Waals surface area contributed by atoms with E-state index in [2.05, 4.69) is 4.74 Å². The van der Waals surface area contributed by atoms with Crippen molar-refractivity contribution in [3.8, 4) is 0 Å². The summed E-state index contributed by atoms with van der Waals surface area (Å²) in [5.74, 6) is -1.02. The van der Waals surface area contributed by atoms with E-state index in [4.69, 9.17) is 5.11 Å². The first-order valence-corrected chi connectivity index (χ1v) is 5.16. The molecule has 90 valence electrons. The zero-order chi connectivity index (χ0) is 12.4. The molecule has 0 aromatic carbocycles. The maximum absolute atomic E-state index is 10.7. The van der Waals surface area contributed by atoms with E-state index in [-0.39, 0.29) is 24.7 Å². The van der Waals surface area contributed by atoms with Gasteiger partial charge in [-0.1, -0.05) is 31.2 Å². The van der Waals surface area contributed by atoms with Crippen LogP contribution in [0.25, 0.3) is 0 Å². The largest absolute Gasteiger partial charge is 0.481 e. The lowest BCUT2D eigenvalue weighted by Crippen LogP contribution is -2.00. The quantitative estimate of drug-likeness (QED) is 0.533. The van der Waals surface area contributed by atoms with E-state index < -0.39 is 5.97 Å². The van der Waals surface area contributed by atoms with Crippen molar-refractivity contribution in [3.63, 3.8) is 0 Å². The standard InChI is InChI=1S/C12H18O4/c1-10(9-11(13)14)7-5-3-4-6-8-12(15)16-2/h4-7,10H,3,8-9H2,1-2H3,(H,13,14)/b6-4+,7-5+. The van der Waals surface area contributed by atoms with Gasteiger partial charge in [0.15, 0.2) is 0 Å². The average Bonchev–Trinajstić information content (AvgIpc) is 2.21. The second kappa shape index (κ2) is 8.71. The molecule has 4 nitrogen and oxygen atoms in total. The molecule has 0 rings (SSSR count). The van der Waals surface area contributed by atoms with E-state index in [1.807, 2.05) is 25.2 Å². The Morgan fingerprint density at radius 3 is 2.56 bits per heavy atom. The van der Waals surface area contributed by atoms with Crippen LogP contribution in [-0.4, -0.2) is 24.2 Å². The number of methoxy groups -OCH3 is 1. The normalized spacial score (nSPS) is 13.1. The zero-order valence-corrected chi connectivity index (χ0v) is 9.68. The number of hydrogen-bond acceptors (Lipinski definition) is 3. The summed E-state index contributed by atoms with van der Waals surface area (Å²) in [6.45, 7) is 1.85. The van der Waals surface area contributed by atoms with Crippen LogP contribution in [0.3, 0.4) is 0 Å². The molecule has 0 aromatic heterocycles. The smallest absolute Gasteiger partial charge is 0.309 e. The summed E-state index contributed by atoms with van der Waals surface area (Å²) >= 11 is 0. The highest BCUT2D eigenvalue weighted by Gasteiger charge is 2.02. The van der Waals surface area contributed by atoms with E-state index in [9.17, 15) is 9.59 Å². The van der Waals surface area contributed by atoms with Crippen molar-refractivity contribution in [1.29, 1.82) is 0 Å². The molecule has 1 unspecified atom stereocenters. The van der Waals surface area contributed by atoms with Gasteiger partial charge in [0.05, 0.1) is 20.0 Å². The minimum atomic E-state index is -0.793. The minimum Gasteiger partial charge on any atom is -0.481 e. The molecule has 1 N–H and O–H groups in total. The van der Waals surface area contributed by atoms with Crippen LogP contribution >= 0.6 is 0 Å². The molecular formula is C12H18O4. The van der Waals surface area contributed by atoms with Crippen LogP contribution in [0.1, 0.15) is 26.2 Å². The van der Waals surface area contributed by atoms with Crippen LogP contribution < -0.4 is 0 Å². The number of esters is 1. The van der Waals surface area contributed by atoms with Crippen molar-refractivity contribution < 1.29 is 19.4 Å². The molecule has 0 amide bonds. The number of hydrogen-bond donors (Lipinski definition) is 1. The Hall–Kier alpha value is -1.58. The number of carbonyl (C=O) groups excluding carboxylic acids is 1. The fourth-order valence-corrected chi connectivity index (χ4v) is 1.09. The van der Waals surface area contributed by atoms with E-state index in [0.29, 0.717) is 6.42 Å². The van der Waals surface area contributed by atoms with E-state index in [1.165, 1.54) is 7.11 Å². The van der Waals surface area contributed by atoms with Gasteiger partial charge in [-0.05, 0) is 12.3 Å². The van der Waals surface area contributed by atoms with Crippen LogP contribution in [0.15, 0.2) is 24.3 Å². The van der Waals surface area contributed by atoms with Crippen LogP contribution in [0.5, 0.6) is 0 Å². The molecule has 0 aliphatic rings. The molecule has 0 aliphatic carbocycles. The van der Waals surface area contributed by atoms with Crippen molar-refractivity contribution in [2.45, 2.75) is 26.2 Å². The molecule has 0 saturated heterocycles.